The summed E-state index contributed by atoms with van der Waals surface area (Å²) >= 11 is 0. The Kier molecular flexibility index (Phi) is 53.9. The zero-order valence-corrected chi connectivity index (χ0v) is 42.6. The van der Waals surface area contributed by atoms with Crippen LogP contribution in [0.2, 0.25) is 0 Å². The lowest BCUT2D eigenvalue weighted by atomic mass is 10.0. The first-order valence-electron chi connectivity index (χ1n) is 22.7. The van der Waals surface area contributed by atoms with E-state index in [0.717, 1.165) is 19.3 Å². The summed E-state index contributed by atoms with van der Waals surface area (Å²) < 4.78 is 20.8. The highest BCUT2D eigenvalue weighted by Gasteiger charge is 2.26. The van der Waals surface area contributed by atoms with Crippen LogP contribution in [0.1, 0.15) is 215 Å². The molecule has 63 heavy (non-hydrogen) atoms. The van der Waals surface area contributed by atoms with Gasteiger partial charge in [0.25, 0.3) is 0 Å². The zero-order chi connectivity index (χ0) is 47.3. The minimum Gasteiger partial charge on any atom is -0.462 e. The average Bonchev–Trinajstić information content (AvgIpc) is 3.00. The van der Waals surface area contributed by atoms with Crippen molar-refractivity contribution in [1.29, 1.82) is 0 Å². The second-order valence-electron chi connectivity index (χ2n) is 19.5. The number of carbonyl (C=O) groups excluding carboxylic acids is 4. The molecule has 0 bridgehead atoms. The monoisotopic (exact) mass is 911 g/mol. The second-order valence-corrected chi connectivity index (χ2v) is 19.5. The predicted octanol–water partition coefficient (Wildman–Crippen LogP) is 11.6. The lowest BCUT2D eigenvalue weighted by molar-refractivity contribution is -0.152. The molecule has 0 aromatic rings. The molecule has 0 fully saturated rings. The van der Waals surface area contributed by atoms with E-state index in [1.807, 2.05) is 125 Å². The normalized spacial score (nSPS) is 12.8. The molecule has 386 valence electrons. The molecule has 1 unspecified atom stereocenters. The second kappa shape index (κ2) is 43.6. The van der Waals surface area contributed by atoms with Crippen molar-refractivity contribution in [2.24, 2.45) is 23.7 Å². The fraction of sp³-hybridized carbons (Fsp3) is 0.922. The van der Waals surface area contributed by atoms with Crippen LogP contribution >= 0.6 is 0 Å². The molecular formula is C51H114N4O8. The third-order valence-electron chi connectivity index (χ3n) is 7.42. The molecule has 0 aromatic carbocycles. The van der Waals surface area contributed by atoms with E-state index in [9.17, 15) is 19.2 Å². The van der Waals surface area contributed by atoms with Gasteiger partial charge < -0.3 is 40.2 Å². The number of nitrogens with one attached hydrogen (secondary N) is 4. The third kappa shape index (κ3) is 52.2. The first-order valence-corrected chi connectivity index (χ1v) is 22.7. The summed E-state index contributed by atoms with van der Waals surface area (Å²) in [7, 11) is 0. The Morgan fingerprint density at radius 1 is 0.317 bits per heavy atom. The predicted molar refractivity (Wildman–Crippen MR) is 273 cm³/mol. The van der Waals surface area contributed by atoms with Gasteiger partial charge in [0.1, 0.15) is 24.2 Å². The number of esters is 4. The lowest BCUT2D eigenvalue weighted by Gasteiger charge is -2.24. The van der Waals surface area contributed by atoms with Crippen molar-refractivity contribution in [3.63, 3.8) is 0 Å². The van der Waals surface area contributed by atoms with E-state index in [1.54, 1.807) is 0 Å². The first kappa shape index (κ1) is 77.9. The minimum atomic E-state index is -0.197. The Hall–Kier alpha value is -2.28. The van der Waals surface area contributed by atoms with Gasteiger partial charge in [0.2, 0.25) is 0 Å². The van der Waals surface area contributed by atoms with E-state index in [0.29, 0.717) is 41.9 Å². The average molecular weight is 911 g/mol. The van der Waals surface area contributed by atoms with E-state index in [-0.39, 0.29) is 108 Å². The van der Waals surface area contributed by atoms with Crippen LogP contribution in [-0.2, 0) is 38.1 Å². The van der Waals surface area contributed by atoms with Gasteiger partial charge in [0.05, 0.1) is 24.4 Å². The maximum atomic E-state index is 11.7. The van der Waals surface area contributed by atoms with E-state index in [1.165, 1.54) is 0 Å². The van der Waals surface area contributed by atoms with Gasteiger partial charge >= 0.3 is 23.9 Å². The van der Waals surface area contributed by atoms with Gasteiger partial charge in [-0.15, -0.1) is 0 Å². The molecule has 0 heterocycles. The molecule has 0 rings (SSSR count). The fourth-order valence-electron chi connectivity index (χ4n) is 5.46. The number of carbonyl (C=O) groups is 4. The smallest absolute Gasteiger partial charge is 0.323 e. The standard InChI is InChI=1S/3C12H25NO2.C11H23NO2.4CH4/c3*1-8(2)7-11(13-9(3)4)12(14)15-10(5)6;1-7(2)10(12-8(3)4)11(13)14-9(5)6;;;;/h3*8-11,13H,7H2,1-6H3;7-10,12H,1-6H3;4*1H4/t2*11-;;10-;;;;/m10.0..../s1. The quantitative estimate of drug-likeness (QED) is 0.0570. The Bertz CT molecular complexity index is 944. The number of rotatable bonds is 23. The molecule has 0 aliphatic carbocycles. The molecule has 0 aromatic heterocycles. The molecule has 12 heteroatoms. The van der Waals surface area contributed by atoms with Crippen LogP contribution in [0.15, 0.2) is 0 Å². The third-order valence-corrected chi connectivity index (χ3v) is 7.42. The molecule has 0 aliphatic heterocycles. The highest BCUT2D eigenvalue weighted by Crippen LogP contribution is 2.11. The molecule has 0 aliphatic rings. The Labute approximate surface area is 393 Å². The summed E-state index contributed by atoms with van der Waals surface area (Å²) in [6, 6.07) is 0.474. The van der Waals surface area contributed by atoms with Crippen LogP contribution in [0.3, 0.4) is 0 Å². The molecule has 0 saturated carbocycles. The summed E-state index contributed by atoms with van der Waals surface area (Å²) in [6.45, 7) is 47.9. The fourth-order valence-corrected chi connectivity index (χ4v) is 5.46. The van der Waals surface area contributed by atoms with Crippen LogP contribution in [0.4, 0.5) is 0 Å². The SMILES string of the molecule is C.C.C.C.CC(C)CC(NC(C)C)C(=O)OC(C)C.CC(C)C[C@@H](NC(C)C)C(=O)OC(C)C.CC(C)C[C@H](NC(C)C)C(=O)OC(C)C.CC(C)N[C@H](C(=O)OC(C)C)C(C)C. The summed E-state index contributed by atoms with van der Waals surface area (Å²) in [5.41, 5.74) is 0. The highest BCUT2D eigenvalue weighted by molar-refractivity contribution is 5.77. The molecule has 0 saturated heterocycles. The largest absolute Gasteiger partial charge is 0.462 e. The Morgan fingerprint density at radius 2 is 0.508 bits per heavy atom. The minimum absolute atomic E-state index is 0. The van der Waals surface area contributed by atoms with Gasteiger partial charge in [-0.1, -0.05) is 140 Å². The van der Waals surface area contributed by atoms with Gasteiger partial charge in [-0.25, -0.2) is 0 Å². The van der Waals surface area contributed by atoms with Gasteiger partial charge in [0.15, 0.2) is 0 Å². The van der Waals surface area contributed by atoms with Crippen molar-refractivity contribution < 1.29 is 38.1 Å². The first-order chi connectivity index (χ1) is 26.8. The van der Waals surface area contributed by atoms with Gasteiger partial charge in [0, 0.05) is 24.2 Å². The molecule has 4 N–H and O–H groups in total. The van der Waals surface area contributed by atoms with Crippen molar-refractivity contribution in [3.8, 4) is 0 Å². The zero-order valence-electron chi connectivity index (χ0n) is 42.6. The number of hydrogen-bond donors (Lipinski definition) is 4. The number of hydrogen-bond acceptors (Lipinski definition) is 12. The molecule has 0 spiro atoms. The summed E-state index contributed by atoms with van der Waals surface area (Å²) in [4.78, 5) is 46.9. The van der Waals surface area contributed by atoms with E-state index < -0.39 is 0 Å². The van der Waals surface area contributed by atoms with Crippen LogP contribution < -0.4 is 21.3 Å². The number of ether oxygens (including phenoxy) is 4. The maximum absolute atomic E-state index is 11.7. The summed E-state index contributed by atoms with van der Waals surface area (Å²) in [5.74, 6) is 1.17. The Morgan fingerprint density at radius 3 is 0.651 bits per heavy atom. The van der Waals surface area contributed by atoms with Crippen LogP contribution in [0.5, 0.6) is 0 Å². The van der Waals surface area contributed by atoms with Crippen LogP contribution in [-0.4, -0.2) is 96.6 Å². The van der Waals surface area contributed by atoms with Crippen molar-refractivity contribution in [2.75, 3.05) is 0 Å². The molecule has 12 nitrogen and oxygen atoms in total. The van der Waals surface area contributed by atoms with Crippen molar-refractivity contribution in [2.45, 2.75) is 288 Å². The van der Waals surface area contributed by atoms with E-state index in [2.05, 4.69) is 62.8 Å². The van der Waals surface area contributed by atoms with Gasteiger partial charge in [-0.2, -0.15) is 0 Å². The molecule has 0 radical (unpaired) electrons. The molecular weight excluding hydrogens is 797 g/mol. The summed E-state index contributed by atoms with van der Waals surface area (Å²) in [6.07, 6.45) is 2.30. The van der Waals surface area contributed by atoms with Crippen molar-refractivity contribution >= 4 is 23.9 Å². The highest BCUT2D eigenvalue weighted by atomic mass is 16.6. The van der Waals surface area contributed by atoms with Crippen LogP contribution in [0.25, 0.3) is 0 Å². The van der Waals surface area contributed by atoms with Crippen molar-refractivity contribution in [1.82, 2.24) is 21.3 Å². The Balaban J connectivity index is -0.000000105. The van der Waals surface area contributed by atoms with Gasteiger partial charge in [-0.3, -0.25) is 19.2 Å². The van der Waals surface area contributed by atoms with Crippen LogP contribution in [0, 0.1) is 23.7 Å². The van der Waals surface area contributed by atoms with Gasteiger partial charge in [-0.05, 0) is 98.3 Å². The maximum Gasteiger partial charge on any atom is 0.323 e. The summed E-state index contributed by atoms with van der Waals surface area (Å²) in [5, 5.41) is 12.9. The topological polar surface area (TPSA) is 153 Å². The van der Waals surface area contributed by atoms with E-state index >= 15 is 0 Å². The van der Waals surface area contributed by atoms with E-state index in [4.69, 9.17) is 18.9 Å². The lowest BCUT2D eigenvalue weighted by Crippen LogP contribution is -2.46. The van der Waals surface area contributed by atoms with Crippen molar-refractivity contribution in [3.05, 3.63) is 0 Å². The molecule has 0 amide bonds. The molecule has 4 atom stereocenters.